The predicted octanol–water partition coefficient (Wildman–Crippen LogP) is 3.64. The Kier molecular flexibility index (Phi) is 5.16. The minimum absolute atomic E-state index is 0.00684. The highest BCUT2D eigenvalue weighted by atomic mass is 19.1. The zero-order valence-electron chi connectivity index (χ0n) is 15.6. The molecule has 1 aromatic heterocycles. The number of hydrogen-bond acceptors (Lipinski definition) is 5. The molecule has 28 heavy (non-hydrogen) atoms. The van der Waals surface area contributed by atoms with Crippen LogP contribution in [0.5, 0.6) is 0 Å². The normalized spacial score (nSPS) is 17.0. The van der Waals surface area contributed by atoms with Crippen LogP contribution in [0.1, 0.15) is 17.5 Å². The summed E-state index contributed by atoms with van der Waals surface area (Å²) >= 11 is 0. The fourth-order valence-electron chi connectivity index (χ4n) is 3.57. The van der Waals surface area contributed by atoms with Crippen LogP contribution in [0.15, 0.2) is 53.3 Å². The van der Waals surface area contributed by atoms with Crippen LogP contribution in [0, 0.1) is 18.7 Å². The van der Waals surface area contributed by atoms with E-state index in [2.05, 4.69) is 20.4 Å². The second-order valence-corrected chi connectivity index (χ2v) is 7.06. The lowest BCUT2D eigenvalue weighted by atomic mass is 10.0. The fourth-order valence-corrected chi connectivity index (χ4v) is 3.57. The number of carbonyl (C=O) groups is 1. The number of nitrogens with one attached hydrogen (secondary N) is 1. The van der Waals surface area contributed by atoms with Gasteiger partial charge in [-0.2, -0.15) is 0 Å². The summed E-state index contributed by atoms with van der Waals surface area (Å²) in [5, 5.41) is 10.7. The molecule has 2 heterocycles. The van der Waals surface area contributed by atoms with Gasteiger partial charge in [0.2, 0.25) is 18.2 Å². The molecule has 4 rings (SSSR count). The molecular formula is C21H21FN4O2. The average molecular weight is 380 g/mol. The molecular weight excluding hydrogens is 359 g/mol. The standard InChI is InChI=1S/C21H21FN4O2/c1-14-18(21-25-23-13-28-21)3-2-4-19(14)24-20(27)16-9-10-26(12-16)11-15-5-7-17(22)8-6-15/h2-8,13,16H,9-12H2,1H3,(H,24,27). The molecule has 0 radical (unpaired) electrons. The number of carbonyl (C=O) groups excluding carboxylic acids is 1. The Bertz CT molecular complexity index is 957. The van der Waals surface area contributed by atoms with E-state index in [-0.39, 0.29) is 17.6 Å². The molecule has 6 nitrogen and oxygen atoms in total. The minimum Gasteiger partial charge on any atom is -0.423 e. The van der Waals surface area contributed by atoms with Crippen LogP contribution in [0.25, 0.3) is 11.5 Å². The molecule has 1 unspecified atom stereocenters. The first-order valence-electron chi connectivity index (χ1n) is 9.24. The first-order valence-corrected chi connectivity index (χ1v) is 9.24. The Balaban J connectivity index is 1.39. The van der Waals surface area contributed by atoms with Crippen molar-refractivity contribution in [1.82, 2.24) is 15.1 Å². The largest absolute Gasteiger partial charge is 0.423 e. The van der Waals surface area contributed by atoms with Crippen LogP contribution < -0.4 is 5.32 Å². The van der Waals surface area contributed by atoms with Crippen LogP contribution in [0.3, 0.4) is 0 Å². The van der Waals surface area contributed by atoms with Crippen molar-refractivity contribution in [2.75, 3.05) is 18.4 Å². The summed E-state index contributed by atoms with van der Waals surface area (Å²) in [7, 11) is 0. The van der Waals surface area contributed by atoms with E-state index >= 15 is 0 Å². The van der Waals surface area contributed by atoms with E-state index in [9.17, 15) is 9.18 Å². The van der Waals surface area contributed by atoms with Crippen LogP contribution in [0.2, 0.25) is 0 Å². The highest BCUT2D eigenvalue weighted by molar-refractivity contribution is 5.94. The van der Waals surface area contributed by atoms with Crippen molar-refractivity contribution < 1.29 is 13.6 Å². The van der Waals surface area contributed by atoms with Crippen molar-refractivity contribution in [2.24, 2.45) is 5.92 Å². The summed E-state index contributed by atoms with van der Waals surface area (Å²) in [6.07, 6.45) is 2.09. The lowest BCUT2D eigenvalue weighted by Gasteiger charge is -2.17. The number of anilines is 1. The Morgan fingerprint density at radius 2 is 2.11 bits per heavy atom. The molecule has 1 fully saturated rings. The average Bonchev–Trinajstić information content (AvgIpc) is 3.37. The lowest BCUT2D eigenvalue weighted by molar-refractivity contribution is -0.119. The molecule has 7 heteroatoms. The molecule has 3 aromatic rings. The zero-order valence-corrected chi connectivity index (χ0v) is 15.6. The number of aromatic nitrogens is 2. The molecule has 0 spiro atoms. The van der Waals surface area contributed by atoms with E-state index in [1.54, 1.807) is 12.1 Å². The summed E-state index contributed by atoms with van der Waals surface area (Å²) in [6, 6.07) is 12.1. The van der Waals surface area contributed by atoms with Crippen LogP contribution in [-0.4, -0.2) is 34.1 Å². The van der Waals surface area contributed by atoms with Gasteiger partial charge in [0, 0.05) is 24.3 Å². The highest BCUT2D eigenvalue weighted by Crippen LogP contribution is 2.28. The monoisotopic (exact) mass is 380 g/mol. The number of hydrogen-bond donors (Lipinski definition) is 1. The highest BCUT2D eigenvalue weighted by Gasteiger charge is 2.28. The van der Waals surface area contributed by atoms with Gasteiger partial charge in [-0.25, -0.2) is 4.39 Å². The van der Waals surface area contributed by atoms with Gasteiger partial charge in [-0.1, -0.05) is 18.2 Å². The summed E-state index contributed by atoms with van der Waals surface area (Å²) < 4.78 is 18.3. The maximum atomic E-state index is 13.0. The molecule has 2 aromatic carbocycles. The summed E-state index contributed by atoms with van der Waals surface area (Å²) in [5.41, 5.74) is 3.49. The Hall–Kier alpha value is -3.06. The number of amides is 1. The first-order chi connectivity index (χ1) is 13.6. The number of likely N-dealkylation sites (tertiary alicyclic amines) is 1. The van der Waals surface area contributed by atoms with E-state index in [0.717, 1.165) is 41.9 Å². The lowest BCUT2D eigenvalue weighted by Crippen LogP contribution is -2.27. The third-order valence-corrected chi connectivity index (χ3v) is 5.14. The molecule has 144 valence electrons. The third-order valence-electron chi connectivity index (χ3n) is 5.14. The van der Waals surface area contributed by atoms with Gasteiger partial charge in [0.05, 0.1) is 5.92 Å². The first kappa shape index (κ1) is 18.3. The molecule has 0 bridgehead atoms. The fraction of sp³-hybridized carbons (Fsp3) is 0.286. The topological polar surface area (TPSA) is 71.3 Å². The van der Waals surface area contributed by atoms with E-state index in [1.165, 1.54) is 18.5 Å². The molecule has 1 atom stereocenters. The van der Waals surface area contributed by atoms with Gasteiger partial charge in [0.25, 0.3) is 0 Å². The van der Waals surface area contributed by atoms with Gasteiger partial charge in [0.15, 0.2) is 0 Å². The quantitative estimate of drug-likeness (QED) is 0.732. The maximum Gasteiger partial charge on any atom is 0.247 e. The van der Waals surface area contributed by atoms with Gasteiger partial charge in [-0.3, -0.25) is 9.69 Å². The van der Waals surface area contributed by atoms with Crippen molar-refractivity contribution in [3.05, 3.63) is 65.8 Å². The Morgan fingerprint density at radius 1 is 1.29 bits per heavy atom. The van der Waals surface area contributed by atoms with Crippen molar-refractivity contribution in [1.29, 1.82) is 0 Å². The number of nitrogens with zero attached hydrogens (tertiary/aromatic N) is 3. The SMILES string of the molecule is Cc1c(NC(=O)C2CCN(Cc3ccc(F)cc3)C2)cccc1-c1nnco1. The number of benzene rings is 2. The Morgan fingerprint density at radius 3 is 2.86 bits per heavy atom. The van der Waals surface area contributed by atoms with Gasteiger partial charge < -0.3 is 9.73 Å². The van der Waals surface area contributed by atoms with E-state index in [0.29, 0.717) is 12.4 Å². The van der Waals surface area contributed by atoms with E-state index in [4.69, 9.17) is 4.42 Å². The summed E-state index contributed by atoms with van der Waals surface area (Å²) in [4.78, 5) is 15.0. The molecule has 1 aliphatic rings. The smallest absolute Gasteiger partial charge is 0.247 e. The molecule has 1 amide bonds. The summed E-state index contributed by atoms with van der Waals surface area (Å²) in [5.74, 6) is 0.125. The van der Waals surface area contributed by atoms with Crippen molar-refractivity contribution in [3.8, 4) is 11.5 Å². The molecule has 0 aliphatic carbocycles. The van der Waals surface area contributed by atoms with E-state index in [1.807, 2.05) is 25.1 Å². The Labute approximate surface area is 162 Å². The van der Waals surface area contributed by atoms with Gasteiger partial charge in [0.1, 0.15) is 5.82 Å². The molecule has 1 aliphatic heterocycles. The van der Waals surface area contributed by atoms with Gasteiger partial charge >= 0.3 is 0 Å². The zero-order chi connectivity index (χ0) is 19.5. The minimum atomic E-state index is -0.236. The number of rotatable bonds is 5. The predicted molar refractivity (Wildman–Crippen MR) is 103 cm³/mol. The molecule has 1 N–H and O–H groups in total. The second kappa shape index (κ2) is 7.90. The van der Waals surface area contributed by atoms with Gasteiger partial charge in [-0.05, 0) is 55.3 Å². The van der Waals surface area contributed by atoms with Gasteiger partial charge in [-0.15, -0.1) is 10.2 Å². The molecule has 0 saturated carbocycles. The summed E-state index contributed by atoms with van der Waals surface area (Å²) in [6.45, 7) is 4.17. The third kappa shape index (κ3) is 3.94. The van der Waals surface area contributed by atoms with Crippen LogP contribution in [-0.2, 0) is 11.3 Å². The maximum absolute atomic E-state index is 13.0. The van der Waals surface area contributed by atoms with Crippen LogP contribution >= 0.6 is 0 Å². The molecule has 1 saturated heterocycles. The van der Waals surface area contributed by atoms with E-state index < -0.39 is 0 Å². The van der Waals surface area contributed by atoms with Crippen molar-refractivity contribution in [2.45, 2.75) is 19.9 Å². The van der Waals surface area contributed by atoms with Crippen molar-refractivity contribution >= 4 is 11.6 Å². The second-order valence-electron chi connectivity index (χ2n) is 7.06. The number of halogens is 1. The van der Waals surface area contributed by atoms with Crippen LogP contribution in [0.4, 0.5) is 10.1 Å². The van der Waals surface area contributed by atoms with Crippen molar-refractivity contribution in [3.63, 3.8) is 0 Å².